The topological polar surface area (TPSA) is 120 Å². The minimum atomic E-state index is -0.398. The van der Waals surface area contributed by atoms with Gasteiger partial charge < -0.3 is 21.3 Å². The van der Waals surface area contributed by atoms with Crippen LogP contribution in [-0.4, -0.2) is 26.2 Å². The van der Waals surface area contributed by atoms with Gasteiger partial charge >= 0.3 is 6.03 Å². The summed E-state index contributed by atoms with van der Waals surface area (Å²) in [5.74, 6) is 1.69. The summed E-state index contributed by atoms with van der Waals surface area (Å²) >= 11 is 6.25. The van der Waals surface area contributed by atoms with Crippen molar-refractivity contribution >= 4 is 52.1 Å². The number of H-pyrrole nitrogens is 1. The number of halogens is 1. The lowest BCUT2D eigenvalue weighted by Crippen LogP contribution is -2.19. The van der Waals surface area contributed by atoms with Crippen molar-refractivity contribution in [3.05, 3.63) is 77.7 Å². The van der Waals surface area contributed by atoms with Gasteiger partial charge in [-0.15, -0.1) is 0 Å². The molecule has 0 radical (unpaired) electrons. The Morgan fingerprint density at radius 1 is 0.903 bits per heavy atom. The molecule has 0 fully saturated rings. The van der Waals surface area contributed by atoms with Gasteiger partial charge in [0.05, 0.1) is 23.1 Å². The summed E-state index contributed by atoms with van der Waals surface area (Å²) in [6, 6.07) is 15.8. The second kappa shape index (κ2) is 9.14. The van der Waals surface area contributed by atoms with Gasteiger partial charge in [0.2, 0.25) is 0 Å². The summed E-state index contributed by atoms with van der Waals surface area (Å²) in [5, 5.41) is 19.1. The van der Waals surface area contributed by atoms with E-state index in [0.29, 0.717) is 39.5 Å². The number of anilines is 6. The van der Waals surface area contributed by atoms with Gasteiger partial charge in [-0.2, -0.15) is 5.10 Å². The summed E-state index contributed by atoms with van der Waals surface area (Å²) < 4.78 is 0. The van der Waals surface area contributed by atoms with Crippen molar-refractivity contribution in [3.8, 4) is 0 Å². The zero-order valence-electron chi connectivity index (χ0n) is 16.5. The predicted octanol–water partition coefficient (Wildman–Crippen LogP) is 5.29. The summed E-state index contributed by atoms with van der Waals surface area (Å²) in [6.07, 6.45) is 3.18. The first kappa shape index (κ1) is 20.2. The number of hydrogen-bond acceptors (Lipinski definition) is 6. The molecule has 0 aliphatic carbocycles. The molecule has 31 heavy (non-hydrogen) atoms. The number of nitrogens with zero attached hydrogens (tertiary/aromatic N) is 3. The van der Waals surface area contributed by atoms with E-state index in [-0.39, 0.29) is 0 Å². The number of aromatic nitrogens is 4. The molecule has 0 saturated heterocycles. The Labute approximate surface area is 183 Å². The Kier molecular flexibility index (Phi) is 5.95. The van der Waals surface area contributed by atoms with Crippen molar-refractivity contribution in [1.29, 1.82) is 0 Å². The largest absolute Gasteiger partial charge is 0.339 e. The summed E-state index contributed by atoms with van der Waals surface area (Å²) in [6.45, 7) is 1.91. The molecule has 0 atom stereocenters. The van der Waals surface area contributed by atoms with Crippen LogP contribution in [0, 0.1) is 6.92 Å². The molecule has 2 aromatic carbocycles. The van der Waals surface area contributed by atoms with Crippen LogP contribution in [0.25, 0.3) is 0 Å². The van der Waals surface area contributed by atoms with Crippen molar-refractivity contribution in [3.63, 3.8) is 0 Å². The lowest BCUT2D eigenvalue weighted by Gasteiger charge is -2.12. The van der Waals surface area contributed by atoms with E-state index in [1.807, 2.05) is 31.2 Å². The van der Waals surface area contributed by atoms with E-state index in [0.717, 1.165) is 5.69 Å². The lowest BCUT2D eigenvalue weighted by molar-refractivity contribution is 0.262. The van der Waals surface area contributed by atoms with Crippen LogP contribution in [0.1, 0.15) is 5.69 Å². The van der Waals surface area contributed by atoms with Crippen LogP contribution in [0.4, 0.5) is 39.3 Å². The normalized spacial score (nSPS) is 10.4. The van der Waals surface area contributed by atoms with Gasteiger partial charge in [0.15, 0.2) is 17.5 Å². The number of rotatable bonds is 6. The number of aromatic amines is 1. The molecule has 2 heterocycles. The van der Waals surface area contributed by atoms with Crippen LogP contribution < -0.4 is 21.3 Å². The van der Waals surface area contributed by atoms with Crippen molar-refractivity contribution in [2.75, 3.05) is 21.3 Å². The van der Waals surface area contributed by atoms with E-state index in [4.69, 9.17) is 11.6 Å². The highest BCUT2D eigenvalue weighted by Gasteiger charge is 2.09. The number of carbonyl (C=O) groups is 1. The van der Waals surface area contributed by atoms with Crippen LogP contribution in [0.3, 0.4) is 0 Å². The maximum atomic E-state index is 12.3. The van der Waals surface area contributed by atoms with Crippen LogP contribution in [0.5, 0.6) is 0 Å². The minimum absolute atomic E-state index is 0.398. The number of aryl methyl sites for hydroxylation is 1. The molecular weight excluding hydrogens is 416 g/mol. The van der Waals surface area contributed by atoms with Crippen molar-refractivity contribution in [1.82, 2.24) is 20.2 Å². The fourth-order valence-electron chi connectivity index (χ4n) is 2.75. The Bertz CT molecular complexity index is 1190. The second-order valence-corrected chi connectivity index (χ2v) is 7.02. The van der Waals surface area contributed by atoms with E-state index >= 15 is 0 Å². The Morgan fingerprint density at radius 3 is 2.42 bits per heavy atom. The first-order valence-corrected chi connectivity index (χ1v) is 9.74. The highest BCUT2D eigenvalue weighted by molar-refractivity contribution is 6.34. The monoisotopic (exact) mass is 434 g/mol. The van der Waals surface area contributed by atoms with Gasteiger partial charge in [-0.1, -0.05) is 29.8 Å². The third kappa shape index (κ3) is 5.49. The summed E-state index contributed by atoms with van der Waals surface area (Å²) in [5.41, 5.74) is 2.75. The van der Waals surface area contributed by atoms with E-state index in [1.165, 1.54) is 0 Å². The fourth-order valence-corrected chi connectivity index (χ4v) is 2.92. The summed E-state index contributed by atoms with van der Waals surface area (Å²) in [7, 11) is 0. The molecular formula is C21H19ClN8O. The van der Waals surface area contributed by atoms with E-state index in [1.54, 1.807) is 42.7 Å². The van der Waals surface area contributed by atoms with Crippen LogP contribution in [0.15, 0.2) is 67.0 Å². The average Bonchev–Trinajstić information content (AvgIpc) is 3.16. The lowest BCUT2D eigenvalue weighted by atomic mass is 10.2. The number of para-hydroxylation sites is 1. The van der Waals surface area contributed by atoms with E-state index in [9.17, 15) is 4.79 Å². The maximum Gasteiger partial charge on any atom is 0.323 e. The third-order valence-corrected chi connectivity index (χ3v) is 4.44. The Hall–Kier alpha value is -4.11. The molecule has 2 aromatic heterocycles. The van der Waals surface area contributed by atoms with Gasteiger partial charge in [-0.3, -0.25) is 10.1 Å². The van der Waals surface area contributed by atoms with Gasteiger partial charge in [0.1, 0.15) is 0 Å². The predicted molar refractivity (Wildman–Crippen MR) is 122 cm³/mol. The first-order chi connectivity index (χ1) is 15.0. The maximum absolute atomic E-state index is 12.3. The molecule has 2 amide bonds. The molecule has 4 rings (SSSR count). The van der Waals surface area contributed by atoms with Crippen LogP contribution >= 0.6 is 11.6 Å². The molecule has 156 valence electrons. The smallest absolute Gasteiger partial charge is 0.323 e. The molecule has 0 saturated carbocycles. The van der Waals surface area contributed by atoms with Gasteiger partial charge in [-0.25, -0.2) is 9.78 Å². The van der Waals surface area contributed by atoms with Gasteiger partial charge in [0.25, 0.3) is 0 Å². The minimum Gasteiger partial charge on any atom is -0.339 e. The zero-order chi connectivity index (χ0) is 21.6. The number of amides is 2. The van der Waals surface area contributed by atoms with Gasteiger partial charge in [-0.05, 0) is 37.3 Å². The fraction of sp³-hybridized carbons (Fsp3) is 0.0476. The average molecular weight is 435 g/mol. The number of urea groups is 1. The van der Waals surface area contributed by atoms with Crippen LogP contribution in [-0.2, 0) is 0 Å². The first-order valence-electron chi connectivity index (χ1n) is 9.36. The number of benzene rings is 2. The van der Waals surface area contributed by atoms with Crippen molar-refractivity contribution in [2.24, 2.45) is 0 Å². The summed E-state index contributed by atoms with van der Waals surface area (Å²) in [4.78, 5) is 20.9. The van der Waals surface area contributed by atoms with Crippen molar-refractivity contribution in [2.45, 2.75) is 6.92 Å². The molecule has 4 aromatic rings. The molecule has 0 bridgehead atoms. The molecule has 0 spiro atoms. The Morgan fingerprint density at radius 2 is 1.68 bits per heavy atom. The number of carbonyl (C=O) groups excluding carboxylic acids is 1. The molecule has 0 aliphatic rings. The molecule has 10 heteroatoms. The quantitative estimate of drug-likeness (QED) is 0.281. The second-order valence-electron chi connectivity index (χ2n) is 6.62. The number of nitrogens with one attached hydrogen (secondary N) is 5. The van der Waals surface area contributed by atoms with Crippen LogP contribution in [0.2, 0.25) is 5.02 Å². The highest BCUT2D eigenvalue weighted by Crippen LogP contribution is 2.27. The molecule has 5 N–H and O–H groups in total. The Balaban J connectivity index is 1.44. The standard InChI is InChI=1S/C21H19ClN8O/c1-13-9-18(30-29-13)27-20-12-23-11-19(28-20)24-15-7-8-16(22)17(10-15)26-21(31)25-14-5-3-2-4-6-14/h2-12H,1H3,(H2,25,26,31)(H3,24,27,28,29,30). The third-order valence-electron chi connectivity index (χ3n) is 4.12. The SMILES string of the molecule is Cc1cc(Nc2cncc(Nc3ccc(Cl)c(NC(=O)Nc4ccccc4)c3)n2)n[nH]1. The highest BCUT2D eigenvalue weighted by atomic mass is 35.5. The van der Waals surface area contributed by atoms with Gasteiger partial charge in [0, 0.05) is 23.1 Å². The molecule has 0 aliphatic heterocycles. The van der Waals surface area contributed by atoms with E-state index in [2.05, 4.69) is 41.4 Å². The van der Waals surface area contributed by atoms with E-state index < -0.39 is 6.03 Å². The zero-order valence-corrected chi connectivity index (χ0v) is 17.2. The van der Waals surface area contributed by atoms with Crippen molar-refractivity contribution < 1.29 is 4.79 Å². The number of hydrogen-bond donors (Lipinski definition) is 5. The molecule has 0 unspecified atom stereocenters. The molecule has 9 nitrogen and oxygen atoms in total.